The fourth-order valence-electron chi connectivity index (χ4n) is 2.02. The van der Waals surface area contributed by atoms with Crippen molar-refractivity contribution in [2.45, 2.75) is 33.0 Å². The summed E-state index contributed by atoms with van der Waals surface area (Å²) in [5.41, 5.74) is 2.01. The maximum atomic E-state index is 5.54. The van der Waals surface area contributed by atoms with Gasteiger partial charge in [0, 0.05) is 25.2 Å². The van der Waals surface area contributed by atoms with Crippen LogP contribution in [0.5, 0.6) is 5.75 Å². The molecule has 0 unspecified atom stereocenters. The van der Waals surface area contributed by atoms with Gasteiger partial charge in [-0.1, -0.05) is 32.0 Å². The van der Waals surface area contributed by atoms with Crippen LogP contribution in [0.4, 0.5) is 6.01 Å². The molecular formula is C16H23N3O2. The number of nitrogens with zero attached hydrogens (tertiary/aromatic N) is 2. The Balaban J connectivity index is 2.01. The predicted molar refractivity (Wildman–Crippen MR) is 83.6 cm³/mol. The Morgan fingerprint density at radius 1 is 1.33 bits per heavy atom. The van der Waals surface area contributed by atoms with Gasteiger partial charge in [-0.05, 0) is 6.07 Å². The van der Waals surface area contributed by atoms with Crippen molar-refractivity contribution >= 4 is 6.01 Å². The zero-order chi connectivity index (χ0) is 15.2. The largest absolute Gasteiger partial charge is 0.496 e. The lowest BCUT2D eigenvalue weighted by Gasteiger charge is -2.16. The molecule has 1 aromatic heterocycles. The Morgan fingerprint density at radius 3 is 2.81 bits per heavy atom. The van der Waals surface area contributed by atoms with Crippen molar-refractivity contribution in [3.63, 3.8) is 0 Å². The number of benzene rings is 1. The number of hydrogen-bond acceptors (Lipinski definition) is 5. The minimum atomic E-state index is 0.427. The van der Waals surface area contributed by atoms with E-state index in [4.69, 9.17) is 9.15 Å². The van der Waals surface area contributed by atoms with E-state index in [-0.39, 0.29) is 0 Å². The van der Waals surface area contributed by atoms with Crippen molar-refractivity contribution in [1.29, 1.82) is 0 Å². The second-order valence-corrected chi connectivity index (χ2v) is 5.32. The predicted octanol–water partition coefficient (Wildman–Crippen LogP) is 2.82. The van der Waals surface area contributed by atoms with Gasteiger partial charge in [-0.15, -0.1) is 0 Å². The molecule has 2 aromatic rings. The molecule has 0 fully saturated rings. The summed E-state index contributed by atoms with van der Waals surface area (Å²) < 4.78 is 10.9. The van der Waals surface area contributed by atoms with E-state index in [0.717, 1.165) is 17.0 Å². The molecule has 114 valence electrons. The summed E-state index contributed by atoms with van der Waals surface area (Å²) in [5.74, 6) is 0.873. The summed E-state index contributed by atoms with van der Waals surface area (Å²) in [7, 11) is 3.64. The number of anilines is 1. The third kappa shape index (κ3) is 4.23. The van der Waals surface area contributed by atoms with Crippen LogP contribution in [0, 0.1) is 0 Å². The van der Waals surface area contributed by atoms with Gasteiger partial charge in [-0.25, -0.2) is 0 Å². The number of aromatic nitrogens is 1. The second-order valence-electron chi connectivity index (χ2n) is 5.32. The first kappa shape index (κ1) is 15.4. The Labute approximate surface area is 125 Å². The van der Waals surface area contributed by atoms with Gasteiger partial charge in [0.1, 0.15) is 12.0 Å². The molecule has 0 aliphatic rings. The molecule has 21 heavy (non-hydrogen) atoms. The molecule has 0 bridgehead atoms. The van der Waals surface area contributed by atoms with Gasteiger partial charge < -0.3 is 19.4 Å². The Morgan fingerprint density at radius 2 is 2.10 bits per heavy atom. The zero-order valence-electron chi connectivity index (χ0n) is 13.1. The van der Waals surface area contributed by atoms with Crippen LogP contribution in [0.15, 0.2) is 34.9 Å². The molecular weight excluding hydrogens is 266 g/mol. The van der Waals surface area contributed by atoms with Crippen molar-refractivity contribution in [1.82, 2.24) is 10.3 Å². The maximum absolute atomic E-state index is 5.54. The van der Waals surface area contributed by atoms with Crippen LogP contribution < -0.4 is 15.0 Å². The highest BCUT2D eigenvalue weighted by Gasteiger charge is 2.12. The highest BCUT2D eigenvalue weighted by molar-refractivity contribution is 5.37. The van der Waals surface area contributed by atoms with E-state index >= 15 is 0 Å². The third-order valence-electron chi connectivity index (χ3n) is 3.16. The van der Waals surface area contributed by atoms with Crippen molar-refractivity contribution in [2.24, 2.45) is 0 Å². The molecule has 0 saturated carbocycles. The highest BCUT2D eigenvalue weighted by Crippen LogP contribution is 2.21. The van der Waals surface area contributed by atoms with Gasteiger partial charge >= 0.3 is 0 Å². The van der Waals surface area contributed by atoms with Crippen molar-refractivity contribution in [2.75, 3.05) is 19.1 Å². The smallest absolute Gasteiger partial charge is 0.297 e. The Hall–Kier alpha value is -2.01. The third-order valence-corrected chi connectivity index (χ3v) is 3.16. The maximum Gasteiger partial charge on any atom is 0.297 e. The van der Waals surface area contributed by atoms with E-state index in [1.165, 1.54) is 0 Å². The first-order chi connectivity index (χ1) is 10.1. The molecule has 0 radical (unpaired) electrons. The number of oxazole rings is 1. The quantitative estimate of drug-likeness (QED) is 0.849. The molecule has 0 saturated heterocycles. The van der Waals surface area contributed by atoms with Crippen LogP contribution in [-0.2, 0) is 13.1 Å². The van der Waals surface area contributed by atoms with Gasteiger partial charge in [0.25, 0.3) is 6.01 Å². The molecule has 1 N–H and O–H groups in total. The molecule has 5 heteroatoms. The number of rotatable bonds is 7. The Bertz CT molecular complexity index is 566. The first-order valence-electron chi connectivity index (χ1n) is 7.11. The standard InChI is InChI=1S/C16H23N3O2/c1-12(2)17-9-14-11-21-16(18-14)19(3)10-13-7-5-6-8-15(13)20-4/h5-8,11-12,17H,9-10H2,1-4H3. The van der Waals surface area contributed by atoms with E-state index in [0.29, 0.717) is 25.1 Å². The molecule has 0 aliphatic carbocycles. The van der Waals surface area contributed by atoms with E-state index in [1.54, 1.807) is 13.4 Å². The van der Waals surface area contributed by atoms with E-state index in [9.17, 15) is 0 Å². The summed E-state index contributed by atoms with van der Waals surface area (Å²) in [6.07, 6.45) is 1.70. The first-order valence-corrected chi connectivity index (χ1v) is 7.11. The number of hydrogen-bond donors (Lipinski definition) is 1. The zero-order valence-corrected chi connectivity index (χ0v) is 13.1. The molecule has 0 spiro atoms. The van der Waals surface area contributed by atoms with Gasteiger partial charge in [-0.2, -0.15) is 4.98 Å². The van der Waals surface area contributed by atoms with Crippen molar-refractivity contribution in [3.8, 4) is 5.75 Å². The van der Waals surface area contributed by atoms with E-state index < -0.39 is 0 Å². The van der Waals surface area contributed by atoms with Crippen molar-refractivity contribution < 1.29 is 9.15 Å². The minimum Gasteiger partial charge on any atom is -0.496 e. The topological polar surface area (TPSA) is 50.5 Å². The highest BCUT2D eigenvalue weighted by atomic mass is 16.5. The fraction of sp³-hybridized carbons (Fsp3) is 0.438. The molecule has 1 aromatic carbocycles. The van der Waals surface area contributed by atoms with Crippen LogP contribution >= 0.6 is 0 Å². The number of nitrogens with one attached hydrogen (secondary N) is 1. The van der Waals surface area contributed by atoms with Crippen molar-refractivity contribution in [3.05, 3.63) is 41.8 Å². The molecule has 5 nitrogen and oxygen atoms in total. The van der Waals surface area contributed by atoms with Crippen LogP contribution in [0.3, 0.4) is 0 Å². The lowest BCUT2D eigenvalue weighted by atomic mass is 10.2. The lowest BCUT2D eigenvalue weighted by Crippen LogP contribution is -2.22. The van der Waals surface area contributed by atoms with Crippen LogP contribution in [-0.4, -0.2) is 25.2 Å². The SMILES string of the molecule is COc1ccccc1CN(C)c1nc(CNC(C)C)co1. The Kier molecular flexibility index (Phi) is 5.22. The summed E-state index contributed by atoms with van der Waals surface area (Å²) in [6.45, 7) is 5.61. The van der Waals surface area contributed by atoms with E-state index in [1.807, 2.05) is 36.2 Å². The molecule has 0 amide bonds. The molecule has 2 rings (SSSR count). The van der Waals surface area contributed by atoms with Gasteiger partial charge in [0.2, 0.25) is 0 Å². The van der Waals surface area contributed by atoms with Crippen LogP contribution in [0.2, 0.25) is 0 Å². The summed E-state index contributed by atoms with van der Waals surface area (Å²) in [4.78, 5) is 6.46. The van der Waals surface area contributed by atoms with Crippen LogP contribution in [0.25, 0.3) is 0 Å². The summed E-state index contributed by atoms with van der Waals surface area (Å²) in [5, 5.41) is 3.32. The van der Waals surface area contributed by atoms with Gasteiger partial charge in [0.15, 0.2) is 0 Å². The van der Waals surface area contributed by atoms with Gasteiger partial charge in [0.05, 0.1) is 19.3 Å². The number of ether oxygens (including phenoxy) is 1. The normalized spacial score (nSPS) is 10.9. The second kappa shape index (κ2) is 7.13. The average molecular weight is 289 g/mol. The minimum absolute atomic E-state index is 0.427. The van der Waals surface area contributed by atoms with Crippen LogP contribution in [0.1, 0.15) is 25.1 Å². The summed E-state index contributed by atoms with van der Waals surface area (Å²) in [6, 6.07) is 9.00. The fourth-order valence-corrected chi connectivity index (χ4v) is 2.02. The van der Waals surface area contributed by atoms with E-state index in [2.05, 4.69) is 24.1 Å². The molecule has 0 aliphatic heterocycles. The molecule has 0 atom stereocenters. The van der Waals surface area contributed by atoms with Gasteiger partial charge in [-0.3, -0.25) is 0 Å². The lowest BCUT2D eigenvalue weighted by molar-refractivity contribution is 0.409. The number of methoxy groups -OCH3 is 1. The number of para-hydroxylation sites is 1. The molecule has 1 heterocycles. The monoisotopic (exact) mass is 289 g/mol. The summed E-state index contributed by atoms with van der Waals surface area (Å²) >= 11 is 0. The average Bonchev–Trinajstić information content (AvgIpc) is 2.94.